The first-order chi connectivity index (χ1) is 10.4. The number of amides is 1. The van der Waals surface area contributed by atoms with E-state index in [1.807, 2.05) is 0 Å². The van der Waals surface area contributed by atoms with Crippen LogP contribution in [-0.2, 0) is 14.9 Å². The largest absolute Gasteiger partial charge is 1.00 e. The van der Waals surface area contributed by atoms with E-state index in [4.69, 9.17) is 4.55 Å². The molecule has 0 spiro atoms. The smallest absolute Gasteiger partial charge is 1.00 e. The summed E-state index contributed by atoms with van der Waals surface area (Å²) in [6.07, 6.45) is 12.2. The maximum atomic E-state index is 11.6. The van der Waals surface area contributed by atoms with E-state index in [0.717, 1.165) is 19.3 Å². The van der Waals surface area contributed by atoms with Crippen molar-refractivity contribution in [1.29, 1.82) is 0 Å². The molecule has 0 radical (unpaired) electrons. The molecule has 0 aliphatic heterocycles. The molecular weight excluding hydrogens is 341 g/mol. The topological polar surface area (TPSA) is 83.5 Å². The quantitative estimate of drug-likeness (QED) is 0.267. The van der Waals surface area contributed by atoms with Gasteiger partial charge in [0.2, 0.25) is 5.91 Å². The van der Waals surface area contributed by atoms with Crippen molar-refractivity contribution in [2.24, 2.45) is 0 Å². The average molecular weight is 376 g/mol. The van der Waals surface area contributed by atoms with Crippen molar-refractivity contribution in [3.63, 3.8) is 0 Å². The molecule has 0 aromatic rings. The number of rotatable bonds is 14. The van der Waals surface area contributed by atoms with Crippen molar-refractivity contribution in [1.82, 2.24) is 5.32 Å². The summed E-state index contributed by atoms with van der Waals surface area (Å²) in [6.45, 7) is 4.26. The minimum Gasteiger partial charge on any atom is -1.00 e. The van der Waals surface area contributed by atoms with Crippen LogP contribution in [0.15, 0.2) is 0 Å². The van der Waals surface area contributed by atoms with Gasteiger partial charge in [0.1, 0.15) is 0 Å². The third-order valence-corrected chi connectivity index (χ3v) is 5.12. The first-order valence-electron chi connectivity index (χ1n) is 8.67. The van der Waals surface area contributed by atoms with E-state index in [-0.39, 0.29) is 59.2 Å². The van der Waals surface area contributed by atoms with Crippen LogP contribution in [0.2, 0.25) is 0 Å². The van der Waals surface area contributed by atoms with Gasteiger partial charge in [-0.3, -0.25) is 9.35 Å². The maximum Gasteiger partial charge on any atom is 1.00 e. The Labute approximate surface area is 186 Å². The Morgan fingerprint density at radius 1 is 0.957 bits per heavy atom. The van der Waals surface area contributed by atoms with E-state index < -0.39 is 21.3 Å². The van der Waals surface area contributed by atoms with Crippen LogP contribution >= 0.6 is 0 Å². The van der Waals surface area contributed by atoms with Gasteiger partial charge < -0.3 is 6.74 Å². The Morgan fingerprint density at radius 2 is 1.39 bits per heavy atom. The van der Waals surface area contributed by atoms with Gasteiger partial charge in [0.25, 0.3) is 10.1 Å². The predicted octanol–water partition coefficient (Wildman–Crippen LogP) is 0.806. The Bertz CT molecular complexity index is 394. The molecule has 1 atom stereocenters. The normalized spacial score (nSPS) is 12.5. The summed E-state index contributed by atoms with van der Waals surface area (Å²) in [5.41, 5.74) is 0. The van der Waals surface area contributed by atoms with Crippen molar-refractivity contribution in [2.45, 2.75) is 89.7 Å². The van der Waals surface area contributed by atoms with Gasteiger partial charge in [0, 0.05) is 6.54 Å². The summed E-state index contributed by atoms with van der Waals surface area (Å²) < 4.78 is 30.9. The van der Waals surface area contributed by atoms with E-state index >= 15 is 0 Å². The van der Waals surface area contributed by atoms with Gasteiger partial charge in [-0.2, -0.15) is 8.42 Å². The Hall–Kier alpha value is 1.02. The van der Waals surface area contributed by atoms with Crippen molar-refractivity contribution >= 4 is 16.0 Å². The number of carbonyl (C=O) groups is 1. The first kappa shape index (κ1) is 26.2. The zero-order valence-corrected chi connectivity index (χ0v) is 19.1. The van der Waals surface area contributed by atoms with Crippen molar-refractivity contribution in [2.75, 3.05) is 6.54 Å². The van der Waals surface area contributed by atoms with E-state index in [1.165, 1.54) is 44.9 Å². The second-order valence-corrected chi connectivity index (χ2v) is 7.48. The number of hydrogen-bond acceptors (Lipinski definition) is 3. The molecule has 0 rings (SSSR count). The summed E-state index contributed by atoms with van der Waals surface area (Å²) in [7, 11) is -4.29. The average Bonchev–Trinajstić information content (AvgIpc) is 2.44. The van der Waals surface area contributed by atoms with Crippen LogP contribution in [-0.4, -0.2) is 30.7 Å². The van der Waals surface area contributed by atoms with E-state index in [2.05, 4.69) is 12.2 Å². The molecule has 0 saturated heterocycles. The molecule has 0 bridgehead atoms. The van der Waals surface area contributed by atoms with Gasteiger partial charge in [-0.25, -0.2) is 0 Å². The SMILES string of the molecule is CCCCCCCCCCCCNC(=O)C(CC)S(=O)(=O)O.[H-].[K+]. The molecule has 1 unspecified atom stereocenters. The monoisotopic (exact) mass is 375 g/mol. The Morgan fingerprint density at radius 3 is 1.78 bits per heavy atom. The molecule has 0 heterocycles. The molecule has 1 amide bonds. The van der Waals surface area contributed by atoms with Gasteiger partial charge >= 0.3 is 51.4 Å². The molecular formula is C16H34KNO4S. The summed E-state index contributed by atoms with van der Waals surface area (Å²) in [5.74, 6) is -0.596. The standard InChI is InChI=1S/C16H33NO4S.K.H/c1-3-5-6-7-8-9-10-11-12-13-14-17-16(18)15(4-2)22(19,20)21;;/h15H,3-14H2,1-2H3,(H,17,18)(H,19,20,21);;/q;+1;-1. The van der Waals surface area contributed by atoms with Crippen LogP contribution in [0.5, 0.6) is 0 Å². The molecule has 23 heavy (non-hydrogen) atoms. The Kier molecular flexibility index (Phi) is 18.8. The van der Waals surface area contributed by atoms with Crippen molar-refractivity contribution in [3.05, 3.63) is 0 Å². The number of carbonyl (C=O) groups excluding carboxylic acids is 1. The molecule has 0 aliphatic rings. The molecule has 0 aliphatic carbocycles. The van der Waals surface area contributed by atoms with Crippen LogP contribution in [0.25, 0.3) is 0 Å². The fourth-order valence-corrected chi connectivity index (χ4v) is 3.24. The molecule has 7 heteroatoms. The third-order valence-electron chi connectivity index (χ3n) is 3.85. The molecule has 0 saturated carbocycles. The third kappa shape index (κ3) is 15.0. The minimum absolute atomic E-state index is 0. The van der Waals surface area contributed by atoms with Gasteiger partial charge in [-0.1, -0.05) is 71.6 Å². The molecule has 2 N–H and O–H groups in total. The van der Waals surface area contributed by atoms with Crippen LogP contribution in [0.1, 0.15) is 85.9 Å². The molecule has 0 aromatic carbocycles. The van der Waals surface area contributed by atoms with Gasteiger partial charge in [-0.05, 0) is 12.8 Å². The van der Waals surface area contributed by atoms with Crippen LogP contribution in [0.3, 0.4) is 0 Å². The molecule has 134 valence electrons. The zero-order chi connectivity index (χ0) is 16.8. The number of unbranched alkanes of at least 4 members (excludes halogenated alkanes) is 9. The summed E-state index contributed by atoms with van der Waals surface area (Å²) in [4.78, 5) is 11.6. The molecule has 0 aromatic heterocycles. The zero-order valence-electron chi connectivity index (χ0n) is 16.1. The second-order valence-electron chi connectivity index (χ2n) is 5.88. The van der Waals surface area contributed by atoms with E-state index in [1.54, 1.807) is 6.92 Å². The van der Waals surface area contributed by atoms with Crippen LogP contribution in [0, 0.1) is 0 Å². The minimum atomic E-state index is -4.29. The predicted molar refractivity (Wildman–Crippen MR) is 91.6 cm³/mol. The fraction of sp³-hybridized carbons (Fsp3) is 0.938. The Balaban J connectivity index is -0.00000220. The van der Waals surface area contributed by atoms with Crippen LogP contribution in [0.4, 0.5) is 0 Å². The number of nitrogens with one attached hydrogen (secondary N) is 1. The summed E-state index contributed by atoms with van der Waals surface area (Å²) in [6, 6.07) is 0. The van der Waals surface area contributed by atoms with Gasteiger partial charge in [0.05, 0.1) is 0 Å². The van der Waals surface area contributed by atoms with Gasteiger partial charge in [-0.15, -0.1) is 0 Å². The van der Waals surface area contributed by atoms with Crippen molar-refractivity contribution < 1.29 is 70.6 Å². The fourth-order valence-electron chi connectivity index (χ4n) is 2.47. The molecule has 5 nitrogen and oxygen atoms in total. The maximum absolute atomic E-state index is 11.6. The van der Waals surface area contributed by atoms with E-state index in [9.17, 15) is 13.2 Å². The van der Waals surface area contributed by atoms with Gasteiger partial charge in [0.15, 0.2) is 5.25 Å². The van der Waals surface area contributed by atoms with E-state index in [0.29, 0.717) is 6.54 Å². The summed E-state index contributed by atoms with van der Waals surface area (Å²) >= 11 is 0. The summed E-state index contributed by atoms with van der Waals surface area (Å²) in [5, 5.41) is 1.25. The van der Waals surface area contributed by atoms with Crippen LogP contribution < -0.4 is 56.7 Å². The van der Waals surface area contributed by atoms with Crippen molar-refractivity contribution in [3.8, 4) is 0 Å². The first-order valence-corrected chi connectivity index (χ1v) is 10.2. The number of hydrogen-bond donors (Lipinski definition) is 2. The second kappa shape index (κ2) is 16.5. The molecule has 0 fully saturated rings.